The van der Waals surface area contributed by atoms with Crippen molar-refractivity contribution in [1.29, 1.82) is 0 Å². The predicted molar refractivity (Wildman–Crippen MR) is 106 cm³/mol. The Balaban J connectivity index is 1.60. The Kier molecular flexibility index (Phi) is 5.49. The van der Waals surface area contributed by atoms with Gasteiger partial charge >= 0.3 is 0 Å². The molecule has 26 heavy (non-hydrogen) atoms. The molecule has 0 aliphatic carbocycles. The van der Waals surface area contributed by atoms with Crippen LogP contribution in [0.4, 0.5) is 17.6 Å². The van der Waals surface area contributed by atoms with Gasteiger partial charge < -0.3 is 21.5 Å². The number of phenols is 1. The van der Waals surface area contributed by atoms with Crippen molar-refractivity contribution in [2.45, 2.75) is 6.92 Å². The minimum atomic E-state index is 0.197. The molecule has 0 unspecified atom stereocenters. The van der Waals surface area contributed by atoms with Gasteiger partial charge in [0.2, 0.25) is 5.95 Å². The number of aromatic hydroxyl groups is 1. The molecule has 0 atom stereocenters. The van der Waals surface area contributed by atoms with Crippen LogP contribution in [0.15, 0.2) is 29.8 Å². The first-order valence-corrected chi connectivity index (χ1v) is 8.81. The fourth-order valence-corrected chi connectivity index (χ4v) is 3.25. The third-order valence-corrected chi connectivity index (χ3v) is 4.55. The molecule has 0 bridgehead atoms. The summed E-state index contributed by atoms with van der Waals surface area (Å²) in [7, 11) is 0. The molecule has 1 aromatic heterocycles. The van der Waals surface area contributed by atoms with Gasteiger partial charge in [-0.15, -0.1) is 0 Å². The summed E-state index contributed by atoms with van der Waals surface area (Å²) in [5.41, 5.74) is 13.3. The van der Waals surface area contributed by atoms with Crippen LogP contribution in [-0.4, -0.2) is 52.7 Å². The van der Waals surface area contributed by atoms with Crippen molar-refractivity contribution in [2.75, 3.05) is 49.1 Å². The fourth-order valence-electron chi connectivity index (χ4n) is 3.07. The van der Waals surface area contributed by atoms with Gasteiger partial charge in [-0.3, -0.25) is 4.90 Å². The Morgan fingerprint density at radius 3 is 2.62 bits per heavy atom. The number of aromatic nitrogens is 2. The third kappa shape index (κ3) is 4.56. The summed E-state index contributed by atoms with van der Waals surface area (Å²) < 4.78 is 0. The van der Waals surface area contributed by atoms with Crippen LogP contribution in [0.25, 0.3) is 6.08 Å². The van der Waals surface area contributed by atoms with E-state index < -0.39 is 0 Å². The summed E-state index contributed by atoms with van der Waals surface area (Å²) in [6.45, 7) is 6.36. The maximum absolute atomic E-state index is 9.94. The lowest BCUT2D eigenvalue weighted by molar-refractivity contribution is 0.278. The maximum atomic E-state index is 9.94. The van der Waals surface area contributed by atoms with Crippen molar-refractivity contribution in [1.82, 2.24) is 14.9 Å². The number of nitrogen functional groups attached to an aromatic ring is 2. The quantitative estimate of drug-likeness (QED) is 0.753. The number of rotatable bonds is 4. The SMILES string of the molecule is C/C(=C\c1cc(Cl)ccc1O)CN1CCN(c2cc(N)nc(N)n2)CC1. The van der Waals surface area contributed by atoms with Crippen LogP contribution in [0.1, 0.15) is 12.5 Å². The minimum Gasteiger partial charge on any atom is -0.507 e. The van der Waals surface area contributed by atoms with Gasteiger partial charge in [-0.1, -0.05) is 23.3 Å². The van der Waals surface area contributed by atoms with E-state index >= 15 is 0 Å². The molecule has 2 heterocycles. The Bertz CT molecular complexity index is 797. The second-order valence-corrected chi connectivity index (χ2v) is 6.90. The summed E-state index contributed by atoms with van der Waals surface area (Å²) in [6, 6.07) is 6.80. The highest BCUT2D eigenvalue weighted by molar-refractivity contribution is 6.30. The van der Waals surface area contributed by atoms with Gasteiger partial charge in [0.1, 0.15) is 17.4 Å². The molecule has 0 radical (unpaired) electrons. The number of nitrogens with two attached hydrogens (primary N) is 2. The van der Waals surface area contributed by atoms with E-state index in [9.17, 15) is 5.11 Å². The monoisotopic (exact) mass is 374 g/mol. The second kappa shape index (κ2) is 7.80. The number of hydrogen-bond acceptors (Lipinski definition) is 7. The topological polar surface area (TPSA) is 105 Å². The normalized spacial score (nSPS) is 16.1. The number of piperazine rings is 1. The van der Waals surface area contributed by atoms with Crippen molar-refractivity contribution in [2.24, 2.45) is 0 Å². The summed E-state index contributed by atoms with van der Waals surface area (Å²) in [4.78, 5) is 12.7. The van der Waals surface area contributed by atoms with Crippen LogP contribution in [0.2, 0.25) is 5.02 Å². The van der Waals surface area contributed by atoms with E-state index in [1.54, 1.807) is 24.3 Å². The Morgan fingerprint density at radius 2 is 1.92 bits per heavy atom. The number of nitrogens with zero attached hydrogens (tertiary/aromatic N) is 4. The second-order valence-electron chi connectivity index (χ2n) is 6.47. The average molecular weight is 375 g/mol. The zero-order valence-electron chi connectivity index (χ0n) is 14.7. The Labute approximate surface area is 157 Å². The van der Waals surface area contributed by atoms with Crippen molar-refractivity contribution in [3.63, 3.8) is 0 Å². The number of benzene rings is 1. The van der Waals surface area contributed by atoms with E-state index in [1.165, 1.54) is 0 Å². The fraction of sp³-hybridized carbons (Fsp3) is 0.333. The zero-order chi connectivity index (χ0) is 18.7. The lowest BCUT2D eigenvalue weighted by Crippen LogP contribution is -2.47. The summed E-state index contributed by atoms with van der Waals surface area (Å²) in [5, 5.41) is 10.5. The van der Waals surface area contributed by atoms with E-state index in [0.717, 1.165) is 49.7 Å². The van der Waals surface area contributed by atoms with E-state index in [4.69, 9.17) is 23.1 Å². The first-order valence-electron chi connectivity index (χ1n) is 8.44. The lowest BCUT2D eigenvalue weighted by Gasteiger charge is -2.35. The molecular formula is C18H23ClN6O. The van der Waals surface area contributed by atoms with Crippen molar-refractivity contribution < 1.29 is 5.11 Å². The third-order valence-electron chi connectivity index (χ3n) is 4.31. The number of hydrogen-bond donors (Lipinski definition) is 3. The van der Waals surface area contributed by atoms with Gasteiger partial charge in [0.15, 0.2) is 0 Å². The van der Waals surface area contributed by atoms with Crippen LogP contribution in [0.3, 0.4) is 0 Å². The van der Waals surface area contributed by atoms with Crippen molar-refractivity contribution >= 4 is 35.3 Å². The Hall–Kier alpha value is -2.51. The first kappa shape index (κ1) is 18.3. The minimum absolute atomic E-state index is 0.197. The van der Waals surface area contributed by atoms with E-state index in [-0.39, 0.29) is 11.7 Å². The molecule has 1 aromatic carbocycles. The van der Waals surface area contributed by atoms with Gasteiger partial charge in [0, 0.05) is 49.4 Å². The van der Waals surface area contributed by atoms with E-state index in [0.29, 0.717) is 10.8 Å². The van der Waals surface area contributed by atoms with Crippen molar-refractivity contribution in [3.8, 4) is 5.75 Å². The van der Waals surface area contributed by atoms with E-state index in [1.807, 2.05) is 6.08 Å². The summed E-state index contributed by atoms with van der Waals surface area (Å²) in [5.74, 6) is 1.58. The Morgan fingerprint density at radius 1 is 1.19 bits per heavy atom. The standard InChI is InChI=1S/C18H23ClN6O/c1-12(8-13-9-14(19)2-3-15(13)26)11-24-4-6-25(7-5-24)17-10-16(20)22-18(21)23-17/h2-3,8-10,26H,4-7,11H2,1H3,(H4,20,21,22,23)/b12-8+. The zero-order valence-corrected chi connectivity index (χ0v) is 15.4. The molecule has 0 saturated carbocycles. The van der Waals surface area contributed by atoms with Crippen LogP contribution in [0.5, 0.6) is 5.75 Å². The molecular weight excluding hydrogens is 352 g/mol. The molecule has 0 spiro atoms. The van der Waals surface area contributed by atoms with Crippen molar-refractivity contribution in [3.05, 3.63) is 40.4 Å². The molecule has 1 saturated heterocycles. The highest BCUT2D eigenvalue weighted by Crippen LogP contribution is 2.24. The smallest absolute Gasteiger partial charge is 0.223 e. The van der Waals surface area contributed by atoms with Crippen LogP contribution in [0, 0.1) is 0 Å². The van der Waals surface area contributed by atoms with Gasteiger partial charge in [-0.05, 0) is 25.1 Å². The number of halogens is 1. The van der Waals surface area contributed by atoms with Gasteiger partial charge in [0.05, 0.1) is 0 Å². The molecule has 1 aliphatic heterocycles. The summed E-state index contributed by atoms with van der Waals surface area (Å²) in [6.07, 6.45) is 1.97. The van der Waals surface area contributed by atoms with Gasteiger partial charge in [0.25, 0.3) is 0 Å². The molecule has 1 aliphatic rings. The van der Waals surface area contributed by atoms with Gasteiger partial charge in [-0.25, -0.2) is 0 Å². The average Bonchev–Trinajstić information content (AvgIpc) is 2.58. The molecule has 5 N–H and O–H groups in total. The maximum Gasteiger partial charge on any atom is 0.223 e. The van der Waals surface area contributed by atoms with E-state index in [2.05, 4.69) is 26.7 Å². The molecule has 138 valence electrons. The van der Waals surface area contributed by atoms with Crippen LogP contribution >= 0.6 is 11.6 Å². The molecule has 1 fully saturated rings. The lowest BCUT2D eigenvalue weighted by atomic mass is 10.1. The number of anilines is 3. The molecule has 3 rings (SSSR count). The molecule has 0 amide bonds. The highest BCUT2D eigenvalue weighted by Gasteiger charge is 2.19. The summed E-state index contributed by atoms with van der Waals surface area (Å²) >= 11 is 6.00. The molecule has 8 heteroatoms. The molecule has 7 nitrogen and oxygen atoms in total. The first-order chi connectivity index (χ1) is 12.4. The van der Waals surface area contributed by atoms with Gasteiger partial charge in [-0.2, -0.15) is 9.97 Å². The number of phenolic OH excluding ortho intramolecular Hbond substituents is 1. The largest absolute Gasteiger partial charge is 0.507 e. The van der Waals surface area contributed by atoms with Crippen LogP contribution < -0.4 is 16.4 Å². The molecule has 2 aromatic rings. The predicted octanol–water partition coefficient (Wildman–Crippen LogP) is 2.23. The van der Waals surface area contributed by atoms with Crippen LogP contribution in [-0.2, 0) is 0 Å². The highest BCUT2D eigenvalue weighted by atomic mass is 35.5.